The van der Waals surface area contributed by atoms with Crippen molar-refractivity contribution in [2.45, 2.75) is 37.3 Å². The molecule has 2 aliphatic heterocycles. The molecule has 2 aliphatic rings. The maximum atomic E-state index is 13.5. The van der Waals surface area contributed by atoms with Crippen molar-refractivity contribution < 1.29 is 13.9 Å². The number of ether oxygens (including phenoxy) is 1. The lowest BCUT2D eigenvalue weighted by molar-refractivity contribution is -0.0388. The van der Waals surface area contributed by atoms with Gasteiger partial charge in [-0.25, -0.2) is 4.39 Å². The van der Waals surface area contributed by atoms with Crippen molar-refractivity contribution in [1.29, 1.82) is 0 Å². The number of para-hydroxylation sites is 1. The largest absolute Gasteiger partial charge is 0.373 e. The van der Waals surface area contributed by atoms with Gasteiger partial charge in [-0.05, 0) is 61.2 Å². The Morgan fingerprint density at radius 1 is 1.12 bits per heavy atom. The van der Waals surface area contributed by atoms with Gasteiger partial charge in [0.25, 0.3) is 5.91 Å². The second-order valence-corrected chi connectivity index (χ2v) is 9.43. The van der Waals surface area contributed by atoms with E-state index in [0.717, 1.165) is 30.5 Å². The van der Waals surface area contributed by atoms with E-state index in [0.29, 0.717) is 37.7 Å². The molecule has 6 heteroatoms. The van der Waals surface area contributed by atoms with Crippen molar-refractivity contribution in [2.75, 3.05) is 31.6 Å². The number of aromatic nitrogens is 1. The number of likely N-dealkylation sites (N-methyl/N-ethyl adjacent to an activating group) is 1. The number of carbonyl (C=O) groups excluding carboxylic acids is 1. The highest BCUT2D eigenvalue weighted by atomic mass is 19.1. The van der Waals surface area contributed by atoms with Crippen LogP contribution in [0.2, 0.25) is 0 Å². The lowest BCUT2D eigenvalue weighted by Gasteiger charge is -2.39. The van der Waals surface area contributed by atoms with Crippen LogP contribution in [0.5, 0.6) is 0 Å². The Kier molecular flexibility index (Phi) is 6.33. The van der Waals surface area contributed by atoms with Crippen molar-refractivity contribution >= 4 is 11.6 Å². The molecule has 0 radical (unpaired) electrons. The molecule has 1 atom stereocenters. The molecule has 0 N–H and O–H groups in total. The van der Waals surface area contributed by atoms with E-state index in [1.807, 2.05) is 23.1 Å². The van der Waals surface area contributed by atoms with E-state index in [-0.39, 0.29) is 17.3 Å². The number of likely N-dealkylation sites (tertiary alicyclic amines) is 1. The quantitative estimate of drug-likeness (QED) is 0.554. The average Bonchev–Trinajstić information content (AvgIpc) is 3.28. The minimum Gasteiger partial charge on any atom is -0.373 e. The number of hydrogen-bond acceptors (Lipinski definition) is 4. The molecule has 2 fully saturated rings. The van der Waals surface area contributed by atoms with Crippen LogP contribution in [0.1, 0.15) is 40.9 Å². The summed E-state index contributed by atoms with van der Waals surface area (Å²) in [4.78, 5) is 21.8. The Bertz CT molecular complexity index is 1150. The number of pyridine rings is 1. The Morgan fingerprint density at radius 3 is 2.68 bits per heavy atom. The van der Waals surface area contributed by atoms with Crippen LogP contribution in [-0.4, -0.2) is 54.2 Å². The Balaban J connectivity index is 1.19. The minimum absolute atomic E-state index is 0.0219. The first kappa shape index (κ1) is 22.5. The molecule has 3 heterocycles. The van der Waals surface area contributed by atoms with Gasteiger partial charge in [0.2, 0.25) is 0 Å². The fraction of sp³-hybridized carbons (Fsp3) is 0.357. The number of rotatable bonds is 5. The number of piperidine rings is 1. The molecular formula is C28H30FN3O2. The maximum absolute atomic E-state index is 13.5. The molecule has 5 nitrogen and oxygen atoms in total. The second-order valence-electron chi connectivity index (χ2n) is 9.43. The van der Waals surface area contributed by atoms with Gasteiger partial charge in [-0.1, -0.05) is 30.3 Å². The third kappa shape index (κ3) is 4.82. The molecule has 0 bridgehead atoms. The molecule has 1 spiro atoms. The number of benzene rings is 2. The normalized spacial score (nSPS) is 19.4. The monoisotopic (exact) mass is 459 g/mol. The average molecular weight is 460 g/mol. The third-order valence-electron chi connectivity index (χ3n) is 7.20. The van der Waals surface area contributed by atoms with E-state index in [1.165, 1.54) is 17.8 Å². The van der Waals surface area contributed by atoms with Gasteiger partial charge >= 0.3 is 0 Å². The van der Waals surface area contributed by atoms with E-state index >= 15 is 0 Å². The van der Waals surface area contributed by atoms with Gasteiger partial charge in [-0.3, -0.25) is 9.78 Å². The van der Waals surface area contributed by atoms with E-state index in [1.54, 1.807) is 18.3 Å². The number of carbonyl (C=O) groups is 1. The van der Waals surface area contributed by atoms with Crippen LogP contribution in [0.3, 0.4) is 0 Å². The molecule has 0 saturated carbocycles. The number of halogens is 1. The fourth-order valence-corrected chi connectivity index (χ4v) is 5.16. The summed E-state index contributed by atoms with van der Waals surface area (Å²) in [6, 6.07) is 20.8. The van der Waals surface area contributed by atoms with E-state index in [9.17, 15) is 9.18 Å². The van der Waals surface area contributed by atoms with Crippen LogP contribution in [0, 0.1) is 5.82 Å². The van der Waals surface area contributed by atoms with Crippen LogP contribution >= 0.6 is 0 Å². The summed E-state index contributed by atoms with van der Waals surface area (Å²) in [6.45, 7) is 2.08. The van der Waals surface area contributed by atoms with Crippen molar-refractivity contribution in [3.8, 4) is 0 Å². The zero-order valence-electron chi connectivity index (χ0n) is 19.5. The number of hydrogen-bond donors (Lipinski definition) is 0. The summed E-state index contributed by atoms with van der Waals surface area (Å²) >= 11 is 0. The van der Waals surface area contributed by atoms with Gasteiger partial charge in [0, 0.05) is 49.7 Å². The molecule has 5 rings (SSSR count). The highest BCUT2D eigenvalue weighted by molar-refractivity contribution is 5.94. The molecule has 34 heavy (non-hydrogen) atoms. The van der Waals surface area contributed by atoms with Crippen molar-refractivity contribution in [3.05, 3.63) is 95.6 Å². The highest BCUT2D eigenvalue weighted by Gasteiger charge is 2.44. The Morgan fingerprint density at radius 2 is 1.91 bits per heavy atom. The number of anilines is 1. The number of nitrogens with zero attached hydrogens (tertiary/aromatic N) is 3. The van der Waals surface area contributed by atoms with Crippen molar-refractivity contribution in [3.63, 3.8) is 0 Å². The van der Waals surface area contributed by atoms with Crippen LogP contribution in [0.25, 0.3) is 0 Å². The summed E-state index contributed by atoms with van der Waals surface area (Å²) in [5, 5.41) is 0. The molecule has 1 unspecified atom stereocenters. The van der Waals surface area contributed by atoms with E-state index < -0.39 is 0 Å². The van der Waals surface area contributed by atoms with Crippen molar-refractivity contribution in [1.82, 2.24) is 9.88 Å². The standard InChI is InChI=1S/C28H30FN3O2/c1-31(25-8-3-2-4-9-25)26-19-28(34-20-26)11-14-32(15-12-28)27(33)22-10-13-30-24(18-22)17-21-6-5-7-23(29)16-21/h2-10,13,16,18,26H,11-12,14-15,17,19-20H2,1H3. The Hall–Kier alpha value is -3.25. The van der Waals surface area contributed by atoms with Crippen LogP contribution in [0.15, 0.2) is 72.9 Å². The Labute approximate surface area is 200 Å². The summed E-state index contributed by atoms with van der Waals surface area (Å²) in [7, 11) is 2.13. The molecular weight excluding hydrogens is 429 g/mol. The van der Waals surface area contributed by atoms with Gasteiger partial charge in [0.1, 0.15) is 5.82 Å². The van der Waals surface area contributed by atoms with Gasteiger partial charge < -0.3 is 14.5 Å². The van der Waals surface area contributed by atoms with E-state index in [2.05, 4.69) is 41.2 Å². The predicted molar refractivity (Wildman–Crippen MR) is 131 cm³/mol. The van der Waals surface area contributed by atoms with Gasteiger partial charge in [0.15, 0.2) is 0 Å². The second kappa shape index (κ2) is 9.55. The summed E-state index contributed by atoms with van der Waals surface area (Å²) < 4.78 is 19.9. The van der Waals surface area contributed by atoms with Gasteiger partial charge in [-0.15, -0.1) is 0 Å². The zero-order valence-corrected chi connectivity index (χ0v) is 19.5. The van der Waals surface area contributed by atoms with Gasteiger partial charge in [-0.2, -0.15) is 0 Å². The molecule has 2 saturated heterocycles. The third-order valence-corrected chi connectivity index (χ3v) is 7.20. The zero-order chi connectivity index (χ0) is 23.5. The molecule has 1 amide bonds. The summed E-state index contributed by atoms with van der Waals surface area (Å²) in [6.07, 6.45) is 4.83. The fourth-order valence-electron chi connectivity index (χ4n) is 5.16. The first-order valence-electron chi connectivity index (χ1n) is 11.9. The SMILES string of the molecule is CN(c1ccccc1)C1COC2(CCN(C(=O)c3ccnc(Cc4cccc(F)c4)c3)CC2)C1. The molecule has 176 valence electrons. The smallest absolute Gasteiger partial charge is 0.253 e. The first-order chi connectivity index (χ1) is 16.5. The molecule has 0 aliphatic carbocycles. The summed E-state index contributed by atoms with van der Waals surface area (Å²) in [5.74, 6) is -0.244. The lowest BCUT2D eigenvalue weighted by Crippen LogP contribution is -2.47. The maximum Gasteiger partial charge on any atom is 0.253 e. The molecule has 2 aromatic carbocycles. The van der Waals surface area contributed by atoms with Crippen LogP contribution in [-0.2, 0) is 11.2 Å². The minimum atomic E-state index is -0.265. The lowest BCUT2D eigenvalue weighted by atomic mass is 9.87. The number of amides is 1. The van der Waals surface area contributed by atoms with E-state index in [4.69, 9.17) is 4.74 Å². The van der Waals surface area contributed by atoms with Crippen molar-refractivity contribution in [2.24, 2.45) is 0 Å². The molecule has 1 aromatic heterocycles. The first-order valence-corrected chi connectivity index (χ1v) is 11.9. The van der Waals surface area contributed by atoms with Crippen LogP contribution in [0.4, 0.5) is 10.1 Å². The van der Waals surface area contributed by atoms with Gasteiger partial charge in [0.05, 0.1) is 18.2 Å². The summed E-state index contributed by atoms with van der Waals surface area (Å²) in [5.41, 5.74) is 3.28. The highest BCUT2D eigenvalue weighted by Crippen LogP contribution is 2.38. The topological polar surface area (TPSA) is 45.7 Å². The predicted octanol–water partition coefficient (Wildman–Crippen LogP) is 4.71. The van der Waals surface area contributed by atoms with Crippen LogP contribution < -0.4 is 4.90 Å². The molecule has 3 aromatic rings.